The fourth-order valence-electron chi connectivity index (χ4n) is 4.82. The van der Waals surface area contributed by atoms with Gasteiger partial charge in [-0.2, -0.15) is 0 Å². The summed E-state index contributed by atoms with van der Waals surface area (Å²) in [5.41, 5.74) is 4.99. The largest absolute Gasteiger partial charge is 0.456 e. The van der Waals surface area contributed by atoms with Gasteiger partial charge in [-0.15, -0.1) is 0 Å². The van der Waals surface area contributed by atoms with Gasteiger partial charge < -0.3 is 4.42 Å². The molecule has 1 heteroatoms. The third kappa shape index (κ3) is 3.92. The molecular weight excluding hydrogens is 340 g/mol. The molecule has 4 rings (SSSR count). The van der Waals surface area contributed by atoms with Crippen LogP contribution in [0.1, 0.15) is 57.4 Å². The Morgan fingerprint density at radius 3 is 2.39 bits per heavy atom. The highest BCUT2D eigenvalue weighted by molar-refractivity contribution is 5.87. The summed E-state index contributed by atoms with van der Waals surface area (Å²) in [7, 11) is 0. The van der Waals surface area contributed by atoms with Gasteiger partial charge in [0.25, 0.3) is 0 Å². The van der Waals surface area contributed by atoms with Crippen LogP contribution in [0.3, 0.4) is 0 Å². The summed E-state index contributed by atoms with van der Waals surface area (Å²) in [6, 6.07) is 18.5. The summed E-state index contributed by atoms with van der Waals surface area (Å²) in [6.07, 6.45) is 5.34. The number of benzene rings is 2. The topological polar surface area (TPSA) is 13.1 Å². The van der Waals surface area contributed by atoms with E-state index in [1.54, 1.807) is 0 Å². The Morgan fingerprint density at radius 1 is 0.929 bits per heavy atom. The van der Waals surface area contributed by atoms with Crippen LogP contribution < -0.4 is 0 Å². The summed E-state index contributed by atoms with van der Waals surface area (Å²) in [5, 5.41) is 1.18. The van der Waals surface area contributed by atoms with E-state index in [-0.39, 0.29) is 10.8 Å². The van der Waals surface area contributed by atoms with Crippen LogP contribution in [-0.4, -0.2) is 0 Å². The smallest absolute Gasteiger partial charge is 0.135 e. The van der Waals surface area contributed by atoms with Crippen molar-refractivity contribution in [3.8, 4) is 11.8 Å². The molecule has 0 fully saturated rings. The fourth-order valence-corrected chi connectivity index (χ4v) is 4.82. The zero-order chi connectivity index (χ0) is 19.8. The van der Waals surface area contributed by atoms with Gasteiger partial charge in [-0.1, -0.05) is 82.0 Å². The van der Waals surface area contributed by atoms with Crippen LogP contribution in [0.25, 0.3) is 16.5 Å². The third-order valence-corrected chi connectivity index (χ3v) is 5.43. The maximum Gasteiger partial charge on any atom is 0.135 e. The Balaban J connectivity index is 1.78. The second kappa shape index (κ2) is 7.02. The second-order valence-electron chi connectivity index (χ2n) is 9.43. The Bertz CT molecular complexity index is 1080. The standard InChI is InChI=1S/C27H28O/c1-26(2)17-21(18-27(3,4)19-26)25-23(22-14-8-9-16-24(22)28-25)15-10-13-20-11-6-5-7-12-20/h5-9,11-12,14,16-17H,15,18-19H2,1-4H3. The van der Waals surface area contributed by atoms with Gasteiger partial charge in [0, 0.05) is 22.9 Å². The van der Waals surface area contributed by atoms with Gasteiger partial charge in [0.15, 0.2) is 0 Å². The zero-order valence-corrected chi connectivity index (χ0v) is 17.3. The number of fused-ring (bicyclic) bond motifs is 1. The van der Waals surface area contributed by atoms with Crippen LogP contribution >= 0.6 is 0 Å². The fraction of sp³-hybridized carbons (Fsp3) is 0.333. The van der Waals surface area contributed by atoms with E-state index < -0.39 is 0 Å². The summed E-state index contributed by atoms with van der Waals surface area (Å²) >= 11 is 0. The van der Waals surface area contributed by atoms with E-state index in [0.29, 0.717) is 6.42 Å². The van der Waals surface area contributed by atoms with Crippen LogP contribution in [0, 0.1) is 22.7 Å². The lowest BCUT2D eigenvalue weighted by atomic mass is 9.66. The second-order valence-corrected chi connectivity index (χ2v) is 9.43. The molecule has 0 N–H and O–H groups in total. The predicted molar refractivity (Wildman–Crippen MR) is 118 cm³/mol. The molecule has 142 valence electrons. The Labute approximate surface area is 168 Å². The van der Waals surface area contributed by atoms with E-state index in [2.05, 4.69) is 75.9 Å². The highest BCUT2D eigenvalue weighted by atomic mass is 16.3. The molecule has 2 aromatic carbocycles. The SMILES string of the molecule is CC1(C)C=C(c2oc3ccccc3c2CC#Cc2ccccc2)CC(C)(C)C1. The van der Waals surface area contributed by atoms with Crippen LogP contribution in [-0.2, 0) is 6.42 Å². The molecule has 0 aliphatic heterocycles. The molecule has 1 aliphatic carbocycles. The molecule has 0 saturated heterocycles. The lowest BCUT2D eigenvalue weighted by molar-refractivity contribution is 0.227. The number of rotatable bonds is 2. The van der Waals surface area contributed by atoms with Crippen molar-refractivity contribution in [3.05, 3.63) is 77.6 Å². The normalized spacial score (nSPS) is 17.6. The van der Waals surface area contributed by atoms with Gasteiger partial charge in [0.1, 0.15) is 11.3 Å². The molecule has 28 heavy (non-hydrogen) atoms. The number of hydrogen-bond donors (Lipinski definition) is 0. The average molecular weight is 369 g/mol. The number of para-hydroxylation sites is 1. The summed E-state index contributed by atoms with van der Waals surface area (Å²) < 4.78 is 6.39. The van der Waals surface area contributed by atoms with Crippen LogP contribution in [0.4, 0.5) is 0 Å². The molecule has 0 unspecified atom stereocenters. The highest BCUT2D eigenvalue weighted by Crippen LogP contribution is 2.48. The van der Waals surface area contributed by atoms with E-state index in [1.807, 2.05) is 24.3 Å². The van der Waals surface area contributed by atoms with E-state index in [1.165, 1.54) is 22.9 Å². The van der Waals surface area contributed by atoms with Crippen molar-refractivity contribution in [1.29, 1.82) is 0 Å². The minimum absolute atomic E-state index is 0.170. The summed E-state index contributed by atoms with van der Waals surface area (Å²) in [4.78, 5) is 0. The molecule has 0 bridgehead atoms. The quantitative estimate of drug-likeness (QED) is 0.434. The maximum absolute atomic E-state index is 6.39. The van der Waals surface area contributed by atoms with Crippen molar-refractivity contribution >= 4 is 16.5 Å². The number of furan rings is 1. The lowest BCUT2D eigenvalue weighted by Crippen LogP contribution is -2.26. The molecule has 3 aromatic rings. The van der Waals surface area contributed by atoms with Crippen molar-refractivity contribution in [3.63, 3.8) is 0 Å². The first-order valence-corrected chi connectivity index (χ1v) is 10.1. The highest BCUT2D eigenvalue weighted by Gasteiger charge is 2.35. The van der Waals surface area contributed by atoms with Crippen molar-refractivity contribution in [2.24, 2.45) is 10.8 Å². The molecule has 0 amide bonds. The first kappa shape index (κ1) is 18.6. The summed E-state index contributed by atoms with van der Waals surface area (Å²) in [6.45, 7) is 9.37. The number of hydrogen-bond acceptors (Lipinski definition) is 1. The average Bonchev–Trinajstić information content (AvgIpc) is 2.99. The molecule has 0 saturated carbocycles. The molecule has 1 heterocycles. The van der Waals surface area contributed by atoms with Gasteiger partial charge in [0.2, 0.25) is 0 Å². The summed E-state index contributed by atoms with van der Waals surface area (Å²) in [5.74, 6) is 7.71. The van der Waals surface area contributed by atoms with Crippen LogP contribution in [0.5, 0.6) is 0 Å². The maximum atomic E-state index is 6.39. The number of allylic oxidation sites excluding steroid dienone is 2. The molecule has 0 spiro atoms. The van der Waals surface area contributed by atoms with Gasteiger partial charge in [-0.25, -0.2) is 0 Å². The molecular formula is C27H28O. The third-order valence-electron chi connectivity index (χ3n) is 5.43. The molecule has 1 aliphatic rings. The van der Waals surface area contributed by atoms with E-state index >= 15 is 0 Å². The zero-order valence-electron chi connectivity index (χ0n) is 17.3. The van der Waals surface area contributed by atoms with Gasteiger partial charge >= 0.3 is 0 Å². The monoisotopic (exact) mass is 368 g/mol. The van der Waals surface area contributed by atoms with Crippen molar-refractivity contribution in [2.75, 3.05) is 0 Å². The van der Waals surface area contributed by atoms with Gasteiger partial charge in [-0.05, 0) is 47.4 Å². The molecule has 1 aromatic heterocycles. The Kier molecular flexibility index (Phi) is 4.68. The lowest BCUT2D eigenvalue weighted by Gasteiger charge is -2.39. The van der Waals surface area contributed by atoms with Crippen molar-refractivity contribution in [1.82, 2.24) is 0 Å². The van der Waals surface area contributed by atoms with E-state index in [0.717, 1.165) is 23.3 Å². The van der Waals surface area contributed by atoms with Gasteiger partial charge in [-0.3, -0.25) is 0 Å². The van der Waals surface area contributed by atoms with Crippen molar-refractivity contribution < 1.29 is 4.42 Å². The first-order chi connectivity index (χ1) is 13.3. The van der Waals surface area contributed by atoms with E-state index in [9.17, 15) is 0 Å². The predicted octanol–water partition coefficient (Wildman–Crippen LogP) is 7.26. The minimum Gasteiger partial charge on any atom is -0.456 e. The Morgan fingerprint density at radius 2 is 1.64 bits per heavy atom. The Hall–Kier alpha value is -2.72. The minimum atomic E-state index is 0.170. The molecule has 0 atom stereocenters. The van der Waals surface area contributed by atoms with E-state index in [4.69, 9.17) is 4.42 Å². The van der Waals surface area contributed by atoms with Crippen molar-refractivity contribution in [2.45, 2.75) is 47.0 Å². The van der Waals surface area contributed by atoms with Gasteiger partial charge in [0.05, 0.1) is 0 Å². The first-order valence-electron chi connectivity index (χ1n) is 10.1. The van der Waals surface area contributed by atoms with Crippen LogP contribution in [0.2, 0.25) is 0 Å². The molecule has 0 radical (unpaired) electrons. The van der Waals surface area contributed by atoms with Crippen LogP contribution in [0.15, 0.2) is 65.1 Å². The molecule has 1 nitrogen and oxygen atoms in total.